The van der Waals surface area contributed by atoms with E-state index >= 15 is 0 Å². The molecule has 9 nitrogen and oxygen atoms in total. The van der Waals surface area contributed by atoms with Crippen molar-refractivity contribution < 1.29 is 19.4 Å². The van der Waals surface area contributed by atoms with Gasteiger partial charge in [0.25, 0.3) is 5.91 Å². The van der Waals surface area contributed by atoms with Crippen molar-refractivity contribution in [3.05, 3.63) is 52.1 Å². The van der Waals surface area contributed by atoms with Gasteiger partial charge in [-0.1, -0.05) is 42.3 Å². The van der Waals surface area contributed by atoms with Gasteiger partial charge in [0.15, 0.2) is 6.10 Å². The fraction of sp³-hybridized carbons (Fsp3) is 0.458. The molecule has 3 N–H and O–H groups in total. The molecule has 2 aliphatic rings. The molecule has 2 fully saturated rings. The van der Waals surface area contributed by atoms with Crippen molar-refractivity contribution in [1.82, 2.24) is 20.2 Å². The van der Waals surface area contributed by atoms with Gasteiger partial charge in [-0.15, -0.1) is 0 Å². The number of carboxylic acids is 1. The minimum absolute atomic E-state index is 0.174. The summed E-state index contributed by atoms with van der Waals surface area (Å²) in [4.78, 5) is 29.6. The second kappa shape index (κ2) is 11.0. The molecule has 1 amide bonds. The first kappa shape index (κ1) is 25.5. The number of ether oxygens (including phenoxy) is 1. The smallest absolute Gasteiger partial charge is 0.304 e. The van der Waals surface area contributed by atoms with Gasteiger partial charge in [0, 0.05) is 56.6 Å². The first-order chi connectivity index (χ1) is 16.7. The van der Waals surface area contributed by atoms with Crippen LogP contribution in [-0.2, 0) is 16.1 Å². The SMILES string of the molecule is CCC(Oc1ncc(Cl)cc1Cl)C(=O)NCc1cccc(NN2CC3(CN(CCC(=O)O)C3)C2)c1. The van der Waals surface area contributed by atoms with Crippen molar-refractivity contribution >= 4 is 40.8 Å². The second-order valence-corrected chi connectivity index (χ2v) is 10.0. The number of aromatic nitrogens is 1. The summed E-state index contributed by atoms with van der Waals surface area (Å²) < 4.78 is 5.70. The van der Waals surface area contributed by atoms with Gasteiger partial charge in [0.05, 0.1) is 11.4 Å². The second-order valence-electron chi connectivity index (χ2n) is 9.20. The molecule has 4 rings (SSSR count). The zero-order chi connectivity index (χ0) is 25.0. The fourth-order valence-electron chi connectivity index (χ4n) is 4.54. The van der Waals surface area contributed by atoms with Crippen LogP contribution < -0.4 is 15.5 Å². The number of hydrogen-bond donors (Lipinski definition) is 3. The van der Waals surface area contributed by atoms with Crippen molar-refractivity contribution in [2.45, 2.75) is 32.4 Å². The van der Waals surface area contributed by atoms with Gasteiger partial charge in [0.2, 0.25) is 5.88 Å². The van der Waals surface area contributed by atoms with E-state index < -0.39 is 12.1 Å². The van der Waals surface area contributed by atoms with Gasteiger partial charge in [-0.3, -0.25) is 9.59 Å². The van der Waals surface area contributed by atoms with E-state index in [1.165, 1.54) is 12.3 Å². The minimum Gasteiger partial charge on any atom is -0.481 e. The Morgan fingerprint density at radius 3 is 2.69 bits per heavy atom. The van der Waals surface area contributed by atoms with E-state index in [0.29, 0.717) is 24.5 Å². The summed E-state index contributed by atoms with van der Waals surface area (Å²) in [6.07, 6.45) is 1.35. The van der Waals surface area contributed by atoms with E-state index in [-0.39, 0.29) is 28.6 Å². The van der Waals surface area contributed by atoms with Crippen molar-refractivity contribution in [2.75, 3.05) is 38.1 Å². The number of carbonyl (C=O) groups is 2. The number of hydrogen-bond acceptors (Lipinski definition) is 7. The molecule has 2 aliphatic heterocycles. The molecule has 0 radical (unpaired) electrons. The Bertz CT molecular complexity index is 1070. The van der Waals surface area contributed by atoms with Crippen molar-refractivity contribution in [2.24, 2.45) is 5.41 Å². The van der Waals surface area contributed by atoms with Crippen LogP contribution in [0.25, 0.3) is 0 Å². The molecule has 2 aromatic rings. The first-order valence-electron chi connectivity index (χ1n) is 11.6. The molecular formula is C24H29Cl2N5O4. The Labute approximate surface area is 214 Å². The lowest BCUT2D eigenvalue weighted by molar-refractivity contribution is -0.140. The predicted molar refractivity (Wildman–Crippen MR) is 134 cm³/mol. The molecule has 1 atom stereocenters. The number of carbonyl (C=O) groups excluding carboxylic acids is 1. The highest BCUT2D eigenvalue weighted by atomic mass is 35.5. The Balaban J connectivity index is 1.22. The number of likely N-dealkylation sites (tertiary alicyclic amines) is 1. The maximum Gasteiger partial charge on any atom is 0.304 e. The average molecular weight is 522 g/mol. The van der Waals surface area contributed by atoms with Crippen molar-refractivity contribution in [3.63, 3.8) is 0 Å². The number of anilines is 1. The summed E-state index contributed by atoms with van der Waals surface area (Å²) in [5.41, 5.74) is 5.60. The quantitative estimate of drug-likeness (QED) is 0.413. The summed E-state index contributed by atoms with van der Waals surface area (Å²) in [6, 6.07) is 9.42. The molecule has 188 valence electrons. The molecule has 3 heterocycles. The maximum atomic E-state index is 12.7. The Kier molecular flexibility index (Phi) is 8.01. The van der Waals surface area contributed by atoms with Crippen molar-refractivity contribution in [1.29, 1.82) is 0 Å². The van der Waals surface area contributed by atoms with Crippen LogP contribution in [0.3, 0.4) is 0 Å². The summed E-state index contributed by atoms with van der Waals surface area (Å²) >= 11 is 12.0. The molecule has 11 heteroatoms. The first-order valence-corrected chi connectivity index (χ1v) is 12.3. The van der Waals surface area contributed by atoms with Crippen LogP contribution in [0.15, 0.2) is 36.5 Å². The number of rotatable bonds is 11. The standard InChI is InChI=1S/C24H29Cl2N5O4/c1-2-20(35-23-19(26)9-17(25)11-28-23)22(34)27-10-16-4-3-5-18(8-16)29-31-14-24(15-31)12-30(13-24)7-6-21(32)33/h3-5,8-9,11,20,29H,2,6-7,10,12-15H2,1H3,(H,27,34)(H,32,33). The molecule has 35 heavy (non-hydrogen) atoms. The average Bonchev–Trinajstić information content (AvgIpc) is 2.77. The van der Waals surface area contributed by atoms with E-state index in [1.807, 2.05) is 31.2 Å². The lowest BCUT2D eigenvalue weighted by atomic mass is 9.74. The minimum atomic E-state index is -0.750. The van der Waals surface area contributed by atoms with Crippen LogP contribution in [0.1, 0.15) is 25.3 Å². The van der Waals surface area contributed by atoms with Crippen LogP contribution in [0, 0.1) is 5.41 Å². The van der Waals surface area contributed by atoms with E-state index in [1.54, 1.807) is 0 Å². The molecule has 1 aromatic heterocycles. The van der Waals surface area contributed by atoms with Crippen LogP contribution in [0.4, 0.5) is 5.69 Å². The third-order valence-corrected chi connectivity index (χ3v) is 6.66. The van der Waals surface area contributed by atoms with Gasteiger partial charge in [-0.05, 0) is 30.2 Å². The molecule has 1 spiro atoms. The molecule has 1 aromatic carbocycles. The Morgan fingerprint density at radius 2 is 2.00 bits per heavy atom. The number of nitrogens with one attached hydrogen (secondary N) is 2. The van der Waals surface area contributed by atoms with Crippen molar-refractivity contribution in [3.8, 4) is 5.88 Å². The summed E-state index contributed by atoms with van der Waals surface area (Å²) in [7, 11) is 0. The van der Waals surface area contributed by atoms with Crippen LogP contribution >= 0.6 is 23.2 Å². The van der Waals surface area contributed by atoms with Crippen LogP contribution in [0.5, 0.6) is 5.88 Å². The lowest BCUT2D eigenvalue weighted by Gasteiger charge is -2.60. The zero-order valence-electron chi connectivity index (χ0n) is 19.5. The topological polar surface area (TPSA) is 107 Å². The normalized spacial score (nSPS) is 17.8. The third-order valence-electron chi connectivity index (χ3n) is 6.18. The van der Waals surface area contributed by atoms with Crippen LogP contribution in [-0.4, -0.2) is 70.7 Å². The molecule has 0 bridgehead atoms. The van der Waals surface area contributed by atoms with E-state index in [2.05, 4.69) is 25.6 Å². The number of nitrogens with zero attached hydrogens (tertiary/aromatic N) is 3. The fourth-order valence-corrected chi connectivity index (χ4v) is 4.96. The number of amides is 1. The third kappa shape index (κ3) is 6.55. The lowest BCUT2D eigenvalue weighted by Crippen LogP contribution is -2.72. The van der Waals surface area contributed by atoms with E-state index in [0.717, 1.165) is 37.4 Å². The van der Waals surface area contributed by atoms with Gasteiger partial charge >= 0.3 is 5.97 Å². The molecule has 1 unspecified atom stereocenters. The van der Waals surface area contributed by atoms with Gasteiger partial charge in [0.1, 0.15) is 5.02 Å². The summed E-state index contributed by atoms with van der Waals surface area (Å²) in [5, 5.41) is 14.5. The summed E-state index contributed by atoms with van der Waals surface area (Å²) in [5.74, 6) is -0.825. The largest absolute Gasteiger partial charge is 0.481 e. The molecular weight excluding hydrogens is 493 g/mol. The molecule has 0 saturated carbocycles. The van der Waals surface area contributed by atoms with Gasteiger partial charge in [-0.25, -0.2) is 9.99 Å². The highest BCUT2D eigenvalue weighted by molar-refractivity contribution is 6.35. The van der Waals surface area contributed by atoms with Gasteiger partial charge in [-0.2, -0.15) is 0 Å². The molecule has 0 aliphatic carbocycles. The molecule has 2 saturated heterocycles. The highest BCUT2D eigenvalue weighted by Gasteiger charge is 2.51. The van der Waals surface area contributed by atoms with E-state index in [9.17, 15) is 9.59 Å². The number of carboxylic acid groups (broad SMARTS) is 1. The Hall–Kier alpha value is -2.59. The number of pyridine rings is 1. The Morgan fingerprint density at radius 1 is 1.23 bits per heavy atom. The van der Waals surface area contributed by atoms with E-state index in [4.69, 9.17) is 33.0 Å². The number of benzene rings is 1. The number of aliphatic carboxylic acids is 1. The number of hydrazine groups is 1. The van der Waals surface area contributed by atoms with Gasteiger partial charge < -0.3 is 25.5 Å². The maximum absolute atomic E-state index is 12.7. The van der Waals surface area contributed by atoms with Crippen LogP contribution in [0.2, 0.25) is 10.0 Å². The zero-order valence-corrected chi connectivity index (χ0v) is 21.0. The predicted octanol–water partition coefficient (Wildman–Crippen LogP) is 3.28. The highest BCUT2D eigenvalue weighted by Crippen LogP contribution is 2.39. The number of halogens is 2. The summed E-state index contributed by atoms with van der Waals surface area (Å²) in [6.45, 7) is 6.57. The monoisotopic (exact) mass is 521 g/mol.